The molecular weight excluding hydrogens is 190 g/mol. The normalized spacial score (nSPS) is 11.4. The van der Waals surface area contributed by atoms with Gasteiger partial charge < -0.3 is 5.21 Å². The minimum Gasteiger partial charge on any atom is -0.619 e. The number of aromatic nitrogens is 1. The van der Waals surface area contributed by atoms with E-state index in [1.807, 2.05) is 0 Å². The van der Waals surface area contributed by atoms with Crippen molar-refractivity contribution in [3.05, 3.63) is 29.7 Å². The minimum atomic E-state index is -3.77. The smallest absolute Gasteiger partial charge is 0.267 e. The lowest BCUT2D eigenvalue weighted by Gasteiger charge is -1.95. The highest BCUT2D eigenvalue weighted by atomic mass is 35.7. The summed E-state index contributed by atoms with van der Waals surface area (Å²) in [6.07, 6.45) is 2.06. The van der Waals surface area contributed by atoms with Gasteiger partial charge in [-0.25, -0.2) is 8.42 Å². The van der Waals surface area contributed by atoms with Gasteiger partial charge in [0.25, 0.3) is 9.05 Å². The number of halogens is 1. The second-order valence-corrected chi connectivity index (χ2v) is 4.40. The molecule has 1 heterocycles. The van der Waals surface area contributed by atoms with Crippen LogP contribution in [0.1, 0.15) is 0 Å². The van der Waals surface area contributed by atoms with E-state index < -0.39 is 9.05 Å². The third-order valence-corrected chi connectivity index (χ3v) is 2.37. The molecule has 1 aromatic heterocycles. The fourth-order valence-electron chi connectivity index (χ4n) is 0.578. The van der Waals surface area contributed by atoms with E-state index in [1.54, 1.807) is 0 Å². The molecule has 60 valence electrons. The molecule has 0 fully saturated rings. The fraction of sp³-hybridized carbons (Fsp3) is 0. The Morgan fingerprint density at radius 2 is 2.18 bits per heavy atom. The summed E-state index contributed by atoms with van der Waals surface area (Å²) in [7, 11) is 1.18. The van der Waals surface area contributed by atoms with Crippen LogP contribution in [-0.4, -0.2) is 8.42 Å². The van der Waals surface area contributed by atoms with Gasteiger partial charge in [-0.05, 0) is 6.07 Å². The standard InChI is InChI=1S/C5H4ClNO3S/c6-11(9,10)5-2-1-3-7(8)4-5/h1-4H. The lowest BCUT2D eigenvalue weighted by molar-refractivity contribution is -0.607. The number of hydrogen-bond acceptors (Lipinski definition) is 3. The maximum atomic E-state index is 10.6. The maximum absolute atomic E-state index is 10.6. The summed E-state index contributed by atoms with van der Waals surface area (Å²) in [5.74, 6) is 0. The van der Waals surface area contributed by atoms with Crippen molar-refractivity contribution in [2.24, 2.45) is 0 Å². The molecule has 1 aromatic rings. The number of nitrogens with zero attached hydrogens (tertiary/aromatic N) is 1. The van der Waals surface area contributed by atoms with E-state index in [0.717, 1.165) is 6.20 Å². The van der Waals surface area contributed by atoms with Crippen molar-refractivity contribution in [1.82, 2.24) is 0 Å². The SMILES string of the molecule is O=S(=O)(Cl)c1ccc[n+]([O-])c1. The van der Waals surface area contributed by atoms with Crippen molar-refractivity contribution in [1.29, 1.82) is 0 Å². The van der Waals surface area contributed by atoms with Crippen LogP contribution < -0.4 is 4.73 Å². The van der Waals surface area contributed by atoms with E-state index in [1.165, 1.54) is 18.3 Å². The lowest BCUT2D eigenvalue weighted by Crippen LogP contribution is -2.24. The molecule has 6 heteroatoms. The monoisotopic (exact) mass is 193 g/mol. The third kappa shape index (κ3) is 2.06. The van der Waals surface area contributed by atoms with E-state index in [9.17, 15) is 13.6 Å². The highest BCUT2D eigenvalue weighted by Gasteiger charge is 2.11. The molecule has 0 spiro atoms. The van der Waals surface area contributed by atoms with Crippen LogP contribution in [0.3, 0.4) is 0 Å². The Morgan fingerprint density at radius 3 is 2.55 bits per heavy atom. The van der Waals surface area contributed by atoms with Crippen molar-refractivity contribution < 1.29 is 13.1 Å². The zero-order valence-corrected chi connectivity index (χ0v) is 6.84. The van der Waals surface area contributed by atoms with Gasteiger partial charge >= 0.3 is 0 Å². The van der Waals surface area contributed by atoms with Gasteiger partial charge in [-0.3, -0.25) is 0 Å². The quantitative estimate of drug-likeness (QED) is 0.365. The van der Waals surface area contributed by atoms with Crippen LogP contribution in [0.15, 0.2) is 29.4 Å². The molecule has 0 unspecified atom stereocenters. The van der Waals surface area contributed by atoms with Gasteiger partial charge in [0.1, 0.15) is 4.90 Å². The van der Waals surface area contributed by atoms with Gasteiger partial charge in [0.15, 0.2) is 12.4 Å². The Morgan fingerprint density at radius 1 is 1.55 bits per heavy atom. The molecule has 0 N–H and O–H groups in total. The summed E-state index contributed by atoms with van der Waals surface area (Å²) in [6, 6.07) is 2.55. The first-order chi connectivity index (χ1) is 5.00. The molecule has 0 aromatic carbocycles. The summed E-state index contributed by atoms with van der Waals surface area (Å²) in [6.45, 7) is 0. The first-order valence-electron chi connectivity index (χ1n) is 2.63. The van der Waals surface area contributed by atoms with E-state index >= 15 is 0 Å². The van der Waals surface area contributed by atoms with Crippen LogP contribution in [-0.2, 0) is 9.05 Å². The minimum absolute atomic E-state index is 0.198. The van der Waals surface area contributed by atoms with Gasteiger partial charge in [-0.15, -0.1) is 0 Å². The van der Waals surface area contributed by atoms with E-state index in [0.29, 0.717) is 4.73 Å². The first kappa shape index (κ1) is 8.29. The summed E-state index contributed by atoms with van der Waals surface area (Å²) in [5.41, 5.74) is 0. The molecule has 0 aliphatic rings. The van der Waals surface area contributed by atoms with Crippen molar-refractivity contribution >= 4 is 19.7 Å². The second kappa shape index (κ2) is 2.67. The zero-order chi connectivity index (χ0) is 8.48. The Balaban J connectivity index is 3.28. The second-order valence-electron chi connectivity index (χ2n) is 1.84. The van der Waals surface area contributed by atoms with E-state index in [2.05, 4.69) is 0 Å². The molecular formula is C5H4ClNO3S. The van der Waals surface area contributed by atoms with Crippen molar-refractivity contribution in [2.75, 3.05) is 0 Å². The van der Waals surface area contributed by atoms with Crippen LogP contribution in [0, 0.1) is 5.21 Å². The molecule has 1 rings (SSSR count). The Labute approximate surface area is 68.0 Å². The van der Waals surface area contributed by atoms with Gasteiger partial charge in [-0.1, -0.05) is 0 Å². The molecule has 4 nitrogen and oxygen atoms in total. The molecule has 11 heavy (non-hydrogen) atoms. The van der Waals surface area contributed by atoms with E-state index in [4.69, 9.17) is 10.7 Å². The van der Waals surface area contributed by atoms with Gasteiger partial charge in [0.05, 0.1) is 0 Å². The van der Waals surface area contributed by atoms with Crippen molar-refractivity contribution in [2.45, 2.75) is 4.90 Å². The molecule has 0 saturated heterocycles. The zero-order valence-electron chi connectivity index (χ0n) is 5.27. The van der Waals surface area contributed by atoms with Crippen LogP contribution in [0.5, 0.6) is 0 Å². The largest absolute Gasteiger partial charge is 0.619 e. The molecule has 0 aliphatic carbocycles. The average molecular weight is 194 g/mol. The van der Waals surface area contributed by atoms with Crippen molar-refractivity contribution in [3.63, 3.8) is 0 Å². The van der Waals surface area contributed by atoms with Crippen molar-refractivity contribution in [3.8, 4) is 0 Å². The topological polar surface area (TPSA) is 61.1 Å². The number of hydrogen-bond donors (Lipinski definition) is 0. The Kier molecular flexibility index (Phi) is 2.01. The van der Waals surface area contributed by atoms with E-state index in [-0.39, 0.29) is 4.90 Å². The van der Waals surface area contributed by atoms with Crippen LogP contribution in [0.2, 0.25) is 0 Å². The fourth-order valence-corrected chi connectivity index (χ4v) is 1.32. The van der Waals surface area contributed by atoms with Crippen LogP contribution >= 0.6 is 10.7 Å². The Hall–Kier alpha value is -0.810. The molecule has 0 radical (unpaired) electrons. The van der Waals surface area contributed by atoms with Crippen LogP contribution in [0.4, 0.5) is 0 Å². The highest BCUT2D eigenvalue weighted by molar-refractivity contribution is 8.13. The number of rotatable bonds is 1. The van der Waals surface area contributed by atoms with Gasteiger partial charge in [-0.2, -0.15) is 4.73 Å². The molecule has 0 aliphatic heterocycles. The summed E-state index contributed by atoms with van der Waals surface area (Å²) in [5, 5.41) is 10.5. The maximum Gasteiger partial charge on any atom is 0.267 e. The predicted molar refractivity (Wildman–Crippen MR) is 38.4 cm³/mol. The van der Waals surface area contributed by atoms with Gasteiger partial charge in [0.2, 0.25) is 0 Å². The third-order valence-electron chi connectivity index (χ3n) is 1.03. The molecule has 0 saturated carbocycles. The predicted octanol–water partition coefficient (Wildman–Crippen LogP) is 0.248. The lowest BCUT2D eigenvalue weighted by atomic mass is 10.5. The Bertz CT molecular complexity index is 362. The van der Waals surface area contributed by atoms with Gasteiger partial charge in [0, 0.05) is 16.7 Å². The average Bonchev–Trinajstić information content (AvgIpc) is 1.86. The first-order valence-corrected chi connectivity index (χ1v) is 4.94. The summed E-state index contributed by atoms with van der Waals surface area (Å²) in [4.78, 5) is -0.198. The molecule has 0 atom stereocenters. The summed E-state index contributed by atoms with van der Waals surface area (Å²) >= 11 is 0. The number of pyridine rings is 1. The van der Waals surface area contributed by atoms with Crippen LogP contribution in [0.25, 0.3) is 0 Å². The highest BCUT2D eigenvalue weighted by Crippen LogP contribution is 2.10. The molecule has 0 bridgehead atoms. The molecule has 0 amide bonds. The summed E-state index contributed by atoms with van der Waals surface area (Å²) < 4.78 is 21.6.